The van der Waals surface area contributed by atoms with Crippen LogP contribution in [0.5, 0.6) is 0 Å². The molecule has 0 aromatic carbocycles. The second-order valence-corrected chi connectivity index (χ2v) is 6.36. The van der Waals surface area contributed by atoms with Gasteiger partial charge in [0.25, 0.3) is 13.6 Å². The summed E-state index contributed by atoms with van der Waals surface area (Å²) in [5.74, 6) is 0. The Balaban J connectivity index is 2.93. The zero-order valence-corrected chi connectivity index (χ0v) is 10.8. The van der Waals surface area contributed by atoms with Crippen LogP contribution in [-0.4, -0.2) is 19.1 Å². The Kier molecular flexibility index (Phi) is 3.76. The van der Waals surface area contributed by atoms with Crippen molar-refractivity contribution in [1.29, 1.82) is 0 Å². The topological polar surface area (TPSA) is 18.5 Å². The normalized spacial score (nSPS) is 35.8. The number of hydrogen-bond acceptors (Lipinski definition) is 2. The predicted octanol–water partition coefficient (Wildman–Crippen LogP) is 3.99. The number of hydrogen-bond donors (Lipinski definition) is 0. The van der Waals surface area contributed by atoms with E-state index in [0.717, 1.165) is 0 Å². The summed E-state index contributed by atoms with van der Waals surface area (Å²) >= 11 is 38.7. The zero-order valence-electron chi connectivity index (χ0n) is 5.54. The molecule has 0 spiro atoms. The summed E-state index contributed by atoms with van der Waals surface area (Å²) in [6.07, 6.45) is 0. The Morgan fingerprint density at radius 2 is 1.31 bits per heavy atom. The standard InChI is InChI=1S/C4HCl7O2/c5-1-2(6,7)13-4(10,11)3(8,9)12-1/h1H. The molecule has 9 heteroatoms. The van der Waals surface area contributed by atoms with Crippen LogP contribution >= 0.6 is 81.2 Å². The Morgan fingerprint density at radius 1 is 0.846 bits per heavy atom. The largest absolute Gasteiger partial charge is 0.317 e. The molecule has 1 saturated heterocycles. The molecule has 0 saturated carbocycles. The summed E-state index contributed by atoms with van der Waals surface area (Å²) in [6, 6.07) is 0. The van der Waals surface area contributed by atoms with E-state index in [1.807, 2.05) is 0 Å². The van der Waals surface area contributed by atoms with E-state index in [1.54, 1.807) is 0 Å². The fourth-order valence-corrected chi connectivity index (χ4v) is 1.88. The first kappa shape index (κ1) is 13.0. The molecule has 1 rings (SSSR count). The van der Waals surface area contributed by atoms with E-state index in [2.05, 4.69) is 0 Å². The maximum Gasteiger partial charge on any atom is 0.279 e. The zero-order chi connectivity index (χ0) is 10.5. The quantitative estimate of drug-likeness (QED) is 0.626. The highest BCUT2D eigenvalue weighted by atomic mass is 35.5. The highest BCUT2D eigenvalue weighted by Gasteiger charge is 2.62. The van der Waals surface area contributed by atoms with Crippen LogP contribution < -0.4 is 0 Å². The molecule has 0 bridgehead atoms. The van der Waals surface area contributed by atoms with Gasteiger partial charge in [-0.15, -0.1) is 0 Å². The SMILES string of the molecule is ClC1OC(Cl)(Cl)C(Cl)(Cl)OC1(Cl)Cl. The van der Waals surface area contributed by atoms with Crippen LogP contribution in [-0.2, 0) is 9.47 Å². The van der Waals surface area contributed by atoms with Crippen molar-refractivity contribution in [1.82, 2.24) is 0 Å². The number of alkyl halides is 7. The third-order valence-electron chi connectivity index (χ3n) is 1.12. The second kappa shape index (κ2) is 3.76. The minimum atomic E-state index is -2.11. The predicted molar refractivity (Wildman–Crippen MR) is 55.1 cm³/mol. The fourth-order valence-electron chi connectivity index (χ4n) is 0.544. The lowest BCUT2D eigenvalue weighted by molar-refractivity contribution is -0.163. The van der Waals surface area contributed by atoms with Gasteiger partial charge in [0, 0.05) is 0 Å². The maximum atomic E-state index is 5.54. The Bertz CT molecular complexity index is 215. The fraction of sp³-hybridized carbons (Fsp3) is 1.00. The molecule has 1 heterocycles. The van der Waals surface area contributed by atoms with Crippen LogP contribution in [0.3, 0.4) is 0 Å². The third kappa shape index (κ3) is 2.55. The van der Waals surface area contributed by atoms with Gasteiger partial charge in [0.15, 0.2) is 5.56 Å². The summed E-state index contributed by atoms with van der Waals surface area (Å²) in [5, 5.41) is 0. The Hall–Kier alpha value is 1.95. The second-order valence-electron chi connectivity index (χ2n) is 2.13. The smallest absolute Gasteiger partial charge is 0.279 e. The first-order chi connectivity index (χ1) is 5.58. The highest BCUT2D eigenvalue weighted by Crippen LogP contribution is 2.55. The molecule has 0 amide bonds. The van der Waals surface area contributed by atoms with Crippen molar-refractivity contribution in [2.24, 2.45) is 0 Å². The molecular formula is C4HCl7O2. The van der Waals surface area contributed by atoms with E-state index in [1.165, 1.54) is 0 Å². The van der Waals surface area contributed by atoms with Crippen molar-refractivity contribution >= 4 is 81.2 Å². The number of ether oxygens (including phenoxy) is 2. The molecule has 1 aliphatic rings. The average molecular weight is 329 g/mol. The molecule has 0 aromatic rings. The minimum absolute atomic E-state index is 1.29. The summed E-state index contributed by atoms with van der Waals surface area (Å²) < 4.78 is 3.41. The average Bonchev–Trinajstić information content (AvgIpc) is 1.80. The lowest BCUT2D eigenvalue weighted by Crippen LogP contribution is -2.56. The summed E-state index contributed by atoms with van der Waals surface area (Å²) in [7, 11) is 0. The van der Waals surface area contributed by atoms with Crippen LogP contribution in [0, 0.1) is 0 Å². The lowest BCUT2D eigenvalue weighted by atomic mass is 10.6. The van der Waals surface area contributed by atoms with Crippen LogP contribution in [0.25, 0.3) is 0 Å². The summed E-state index contributed by atoms with van der Waals surface area (Å²) in [4.78, 5) is 0. The molecule has 0 N–H and O–H groups in total. The molecule has 1 aliphatic heterocycles. The van der Waals surface area contributed by atoms with Gasteiger partial charge in [-0.3, -0.25) is 0 Å². The van der Waals surface area contributed by atoms with E-state index in [0.29, 0.717) is 0 Å². The molecule has 1 unspecified atom stereocenters. The van der Waals surface area contributed by atoms with Crippen LogP contribution in [0.1, 0.15) is 0 Å². The molecule has 1 atom stereocenters. The van der Waals surface area contributed by atoms with Crippen LogP contribution in [0.4, 0.5) is 0 Å². The van der Waals surface area contributed by atoms with Gasteiger partial charge in [0.2, 0.25) is 0 Å². The van der Waals surface area contributed by atoms with E-state index in [-0.39, 0.29) is 0 Å². The molecule has 78 valence electrons. The molecule has 0 aromatic heterocycles. The number of halogens is 7. The van der Waals surface area contributed by atoms with E-state index in [9.17, 15) is 0 Å². The number of rotatable bonds is 0. The van der Waals surface area contributed by atoms with Crippen LogP contribution in [0.15, 0.2) is 0 Å². The summed E-state index contributed by atoms with van der Waals surface area (Å²) in [5.41, 5.74) is -1.29. The van der Waals surface area contributed by atoms with Crippen molar-refractivity contribution in [2.75, 3.05) is 0 Å². The van der Waals surface area contributed by atoms with Gasteiger partial charge in [-0.05, 0) is 0 Å². The van der Waals surface area contributed by atoms with Crippen molar-refractivity contribution < 1.29 is 9.47 Å². The first-order valence-electron chi connectivity index (χ1n) is 2.74. The van der Waals surface area contributed by atoms with Crippen molar-refractivity contribution in [3.8, 4) is 0 Å². The monoisotopic (exact) mass is 326 g/mol. The maximum absolute atomic E-state index is 5.54. The highest BCUT2D eigenvalue weighted by molar-refractivity contribution is 6.62. The molecule has 0 aliphatic carbocycles. The summed E-state index contributed by atoms with van der Waals surface area (Å²) in [6.45, 7) is 0. The van der Waals surface area contributed by atoms with Gasteiger partial charge in [-0.1, -0.05) is 81.2 Å². The Labute approximate surface area is 109 Å². The van der Waals surface area contributed by atoms with Gasteiger partial charge in [-0.25, -0.2) is 0 Å². The van der Waals surface area contributed by atoms with Gasteiger partial charge in [0.05, 0.1) is 0 Å². The molecule has 1 fully saturated rings. The van der Waals surface area contributed by atoms with Gasteiger partial charge in [-0.2, -0.15) is 0 Å². The van der Waals surface area contributed by atoms with E-state index >= 15 is 0 Å². The van der Waals surface area contributed by atoms with Crippen LogP contribution in [0.2, 0.25) is 0 Å². The van der Waals surface area contributed by atoms with Crippen molar-refractivity contribution in [3.63, 3.8) is 0 Å². The Morgan fingerprint density at radius 3 is 1.69 bits per heavy atom. The molecular weight excluding hydrogens is 328 g/mol. The third-order valence-corrected chi connectivity index (χ3v) is 4.07. The van der Waals surface area contributed by atoms with E-state index in [4.69, 9.17) is 90.7 Å². The molecule has 0 radical (unpaired) electrons. The minimum Gasteiger partial charge on any atom is -0.317 e. The van der Waals surface area contributed by atoms with Gasteiger partial charge >= 0.3 is 0 Å². The molecule has 2 nitrogen and oxygen atoms in total. The lowest BCUT2D eigenvalue weighted by Gasteiger charge is -2.44. The van der Waals surface area contributed by atoms with Gasteiger partial charge < -0.3 is 9.47 Å². The van der Waals surface area contributed by atoms with Crippen molar-refractivity contribution in [2.45, 2.75) is 19.1 Å². The first-order valence-corrected chi connectivity index (χ1v) is 5.44. The molecule has 13 heavy (non-hydrogen) atoms. The van der Waals surface area contributed by atoms with E-state index < -0.39 is 19.1 Å². The van der Waals surface area contributed by atoms with Gasteiger partial charge in [0.1, 0.15) is 0 Å². The van der Waals surface area contributed by atoms with Crippen molar-refractivity contribution in [3.05, 3.63) is 0 Å².